The van der Waals surface area contributed by atoms with Crippen molar-refractivity contribution in [3.8, 4) is 11.3 Å². The number of aromatic nitrogens is 2. The van der Waals surface area contributed by atoms with Gasteiger partial charge in [-0.15, -0.1) is 0 Å². The standard InChI is InChI=1S/C18H27N3/c1-7-8-15-20-16(17(19)21(15)18(4,5)6)14-10-9-12(2)13(3)11-14/h9-11H,7-8,19H2,1-6H3. The quantitative estimate of drug-likeness (QED) is 0.905. The highest BCUT2D eigenvalue weighted by Gasteiger charge is 2.24. The van der Waals surface area contributed by atoms with Gasteiger partial charge < -0.3 is 10.3 Å². The molecule has 1 heterocycles. The molecule has 0 amide bonds. The molecule has 0 aliphatic carbocycles. The number of rotatable bonds is 3. The van der Waals surface area contributed by atoms with Gasteiger partial charge in [-0.2, -0.15) is 0 Å². The summed E-state index contributed by atoms with van der Waals surface area (Å²) in [7, 11) is 0. The maximum atomic E-state index is 6.44. The molecule has 0 radical (unpaired) electrons. The molecule has 2 rings (SSSR count). The number of imidazole rings is 1. The fourth-order valence-electron chi connectivity index (χ4n) is 2.72. The van der Waals surface area contributed by atoms with Crippen LogP contribution in [0.5, 0.6) is 0 Å². The van der Waals surface area contributed by atoms with E-state index in [0.29, 0.717) is 0 Å². The Labute approximate surface area is 128 Å². The lowest BCUT2D eigenvalue weighted by molar-refractivity contribution is 0.387. The number of anilines is 1. The van der Waals surface area contributed by atoms with Crippen LogP contribution in [0, 0.1) is 13.8 Å². The molecule has 0 unspecified atom stereocenters. The Bertz CT molecular complexity index is 645. The summed E-state index contributed by atoms with van der Waals surface area (Å²) in [6, 6.07) is 6.43. The zero-order valence-corrected chi connectivity index (χ0v) is 14.1. The van der Waals surface area contributed by atoms with E-state index < -0.39 is 0 Å². The van der Waals surface area contributed by atoms with Gasteiger partial charge in [0.05, 0.1) is 0 Å². The van der Waals surface area contributed by atoms with E-state index in [1.165, 1.54) is 11.1 Å². The first-order valence-corrected chi connectivity index (χ1v) is 7.71. The van der Waals surface area contributed by atoms with Crippen LogP contribution in [0.4, 0.5) is 5.82 Å². The Morgan fingerprint density at radius 2 is 1.81 bits per heavy atom. The zero-order chi connectivity index (χ0) is 15.8. The first-order valence-electron chi connectivity index (χ1n) is 7.71. The maximum Gasteiger partial charge on any atom is 0.132 e. The fraction of sp³-hybridized carbons (Fsp3) is 0.500. The molecule has 0 fully saturated rings. The summed E-state index contributed by atoms with van der Waals surface area (Å²) in [5.41, 5.74) is 11.0. The SMILES string of the molecule is CCCc1nc(-c2ccc(C)c(C)c2)c(N)n1C(C)(C)C. The van der Waals surface area contributed by atoms with E-state index in [0.717, 1.165) is 35.7 Å². The van der Waals surface area contributed by atoms with Crippen molar-refractivity contribution in [1.82, 2.24) is 9.55 Å². The minimum atomic E-state index is -0.0560. The number of hydrogen-bond donors (Lipinski definition) is 1. The first-order chi connectivity index (χ1) is 9.75. The molecule has 1 aromatic carbocycles. The minimum Gasteiger partial charge on any atom is -0.383 e. The van der Waals surface area contributed by atoms with Crippen molar-refractivity contribution < 1.29 is 0 Å². The normalized spacial score (nSPS) is 11.9. The molecule has 2 N–H and O–H groups in total. The first kappa shape index (κ1) is 15.6. The zero-order valence-electron chi connectivity index (χ0n) is 14.1. The molecule has 2 aromatic rings. The molecule has 114 valence electrons. The van der Waals surface area contributed by atoms with Crippen molar-refractivity contribution in [2.45, 2.75) is 59.9 Å². The van der Waals surface area contributed by atoms with Crippen LogP contribution in [0.2, 0.25) is 0 Å². The van der Waals surface area contributed by atoms with Crippen molar-refractivity contribution in [2.24, 2.45) is 0 Å². The van der Waals surface area contributed by atoms with Crippen LogP contribution in [0.1, 0.15) is 51.1 Å². The lowest BCUT2D eigenvalue weighted by atomic mass is 10.0. The lowest BCUT2D eigenvalue weighted by Gasteiger charge is -2.25. The largest absolute Gasteiger partial charge is 0.383 e. The average Bonchev–Trinajstić information content (AvgIpc) is 2.70. The van der Waals surface area contributed by atoms with E-state index in [1.54, 1.807) is 0 Å². The molecule has 3 nitrogen and oxygen atoms in total. The fourth-order valence-corrected chi connectivity index (χ4v) is 2.72. The summed E-state index contributed by atoms with van der Waals surface area (Å²) in [6.45, 7) is 13.0. The van der Waals surface area contributed by atoms with Crippen LogP contribution in [0.3, 0.4) is 0 Å². The molecule has 0 bridgehead atoms. The second-order valence-electron chi connectivity index (χ2n) is 6.82. The van der Waals surface area contributed by atoms with Crippen molar-refractivity contribution in [2.75, 3.05) is 5.73 Å². The summed E-state index contributed by atoms with van der Waals surface area (Å²) in [6.07, 6.45) is 2.02. The summed E-state index contributed by atoms with van der Waals surface area (Å²) < 4.78 is 2.18. The van der Waals surface area contributed by atoms with Crippen LogP contribution in [-0.2, 0) is 12.0 Å². The molecule has 0 saturated carbocycles. The average molecular weight is 285 g/mol. The van der Waals surface area contributed by atoms with E-state index in [9.17, 15) is 0 Å². The number of nitrogens with two attached hydrogens (primary N) is 1. The summed E-state index contributed by atoms with van der Waals surface area (Å²) in [5, 5.41) is 0. The highest BCUT2D eigenvalue weighted by molar-refractivity contribution is 5.72. The summed E-state index contributed by atoms with van der Waals surface area (Å²) in [5.74, 6) is 1.85. The van der Waals surface area contributed by atoms with Gasteiger partial charge in [-0.25, -0.2) is 4.98 Å². The van der Waals surface area contributed by atoms with Crippen molar-refractivity contribution in [3.05, 3.63) is 35.2 Å². The van der Waals surface area contributed by atoms with Gasteiger partial charge in [-0.1, -0.05) is 19.1 Å². The predicted molar refractivity (Wildman–Crippen MR) is 90.5 cm³/mol. The monoisotopic (exact) mass is 285 g/mol. The van der Waals surface area contributed by atoms with E-state index in [2.05, 4.69) is 64.3 Å². The Balaban J connectivity index is 2.62. The van der Waals surface area contributed by atoms with Gasteiger partial charge in [0.2, 0.25) is 0 Å². The van der Waals surface area contributed by atoms with Crippen molar-refractivity contribution in [1.29, 1.82) is 0 Å². The Morgan fingerprint density at radius 1 is 1.14 bits per heavy atom. The van der Waals surface area contributed by atoms with E-state index in [4.69, 9.17) is 10.7 Å². The van der Waals surface area contributed by atoms with E-state index >= 15 is 0 Å². The van der Waals surface area contributed by atoms with E-state index in [-0.39, 0.29) is 5.54 Å². The summed E-state index contributed by atoms with van der Waals surface area (Å²) >= 11 is 0. The highest BCUT2D eigenvalue weighted by atomic mass is 15.2. The van der Waals surface area contributed by atoms with Gasteiger partial charge in [0.1, 0.15) is 17.3 Å². The molecule has 0 spiro atoms. The summed E-state index contributed by atoms with van der Waals surface area (Å²) in [4.78, 5) is 4.84. The molecule has 21 heavy (non-hydrogen) atoms. The highest BCUT2D eigenvalue weighted by Crippen LogP contribution is 2.32. The number of nitrogen functional groups attached to an aromatic ring is 1. The smallest absolute Gasteiger partial charge is 0.132 e. The molecular weight excluding hydrogens is 258 g/mol. The minimum absolute atomic E-state index is 0.0560. The number of aryl methyl sites for hydroxylation is 3. The third-order valence-corrected chi connectivity index (χ3v) is 3.91. The molecular formula is C18H27N3. The Kier molecular flexibility index (Phi) is 4.13. The number of benzene rings is 1. The van der Waals surface area contributed by atoms with E-state index in [1.807, 2.05) is 0 Å². The van der Waals surface area contributed by atoms with Gasteiger partial charge in [0, 0.05) is 17.5 Å². The molecule has 0 saturated heterocycles. The van der Waals surface area contributed by atoms with Crippen LogP contribution in [0.25, 0.3) is 11.3 Å². The van der Waals surface area contributed by atoms with Crippen LogP contribution in [0.15, 0.2) is 18.2 Å². The lowest BCUT2D eigenvalue weighted by Crippen LogP contribution is -2.25. The maximum absolute atomic E-state index is 6.44. The molecule has 1 aromatic heterocycles. The number of hydrogen-bond acceptors (Lipinski definition) is 2. The van der Waals surface area contributed by atoms with Crippen LogP contribution in [-0.4, -0.2) is 9.55 Å². The van der Waals surface area contributed by atoms with Gasteiger partial charge in [-0.05, 0) is 58.2 Å². The topological polar surface area (TPSA) is 43.8 Å². The van der Waals surface area contributed by atoms with Crippen molar-refractivity contribution in [3.63, 3.8) is 0 Å². The van der Waals surface area contributed by atoms with Gasteiger partial charge >= 0.3 is 0 Å². The third kappa shape index (κ3) is 2.97. The second-order valence-corrected chi connectivity index (χ2v) is 6.82. The van der Waals surface area contributed by atoms with Gasteiger partial charge in [0.15, 0.2) is 0 Å². The molecule has 3 heteroatoms. The second kappa shape index (κ2) is 5.55. The molecule has 0 atom stereocenters. The van der Waals surface area contributed by atoms with Crippen molar-refractivity contribution >= 4 is 5.82 Å². The Morgan fingerprint density at radius 3 is 2.33 bits per heavy atom. The van der Waals surface area contributed by atoms with Gasteiger partial charge in [-0.3, -0.25) is 0 Å². The van der Waals surface area contributed by atoms with Gasteiger partial charge in [0.25, 0.3) is 0 Å². The number of nitrogens with zero attached hydrogens (tertiary/aromatic N) is 2. The molecule has 0 aliphatic heterocycles. The van der Waals surface area contributed by atoms with Crippen LogP contribution >= 0.6 is 0 Å². The molecule has 0 aliphatic rings. The van der Waals surface area contributed by atoms with Crippen LogP contribution < -0.4 is 5.73 Å². The predicted octanol–water partition coefficient (Wildman–Crippen LogP) is 4.46. The third-order valence-electron chi connectivity index (χ3n) is 3.91. The Hall–Kier alpha value is -1.77.